The molecule has 1 aliphatic carbocycles. The number of hydrogen-bond donors (Lipinski definition) is 2. The Morgan fingerprint density at radius 2 is 2.54 bits per heavy atom. The van der Waals surface area contributed by atoms with Gasteiger partial charge in [0, 0.05) is 17.3 Å². The Morgan fingerprint density at radius 1 is 1.69 bits per heavy atom. The molecule has 2 nitrogen and oxygen atoms in total. The molecule has 0 amide bonds. The minimum absolute atomic E-state index is 0.199. The number of aliphatic hydroxyl groups is 1. The highest BCUT2D eigenvalue weighted by atomic mass is 32.1. The average Bonchev–Trinajstić information content (AvgIpc) is 2.62. The smallest absolute Gasteiger partial charge is 0.0711 e. The third-order valence-corrected chi connectivity index (χ3v) is 3.58. The lowest BCUT2D eigenvalue weighted by molar-refractivity contribution is 0.0477. The first-order valence-corrected chi connectivity index (χ1v) is 5.56. The molecule has 3 heteroatoms. The van der Waals surface area contributed by atoms with Gasteiger partial charge in [-0.3, -0.25) is 0 Å². The molecular weight excluding hydrogens is 182 g/mol. The first-order chi connectivity index (χ1) is 6.18. The Hall–Kier alpha value is -0.380. The summed E-state index contributed by atoms with van der Waals surface area (Å²) in [6.07, 6.45) is 3.34. The summed E-state index contributed by atoms with van der Waals surface area (Å²) in [5.74, 6) is 0. The van der Waals surface area contributed by atoms with Gasteiger partial charge in [-0.25, -0.2) is 0 Å². The van der Waals surface area contributed by atoms with Gasteiger partial charge in [0.05, 0.1) is 5.60 Å². The zero-order valence-electron chi connectivity index (χ0n) is 7.57. The van der Waals surface area contributed by atoms with E-state index in [0.717, 1.165) is 25.7 Å². The fourth-order valence-electron chi connectivity index (χ4n) is 2.04. The summed E-state index contributed by atoms with van der Waals surface area (Å²) in [7, 11) is 0. The molecule has 2 atom stereocenters. The Bertz CT molecular complexity index is 272. The van der Waals surface area contributed by atoms with Crippen LogP contribution < -0.4 is 5.73 Å². The van der Waals surface area contributed by atoms with Crippen LogP contribution in [0.1, 0.15) is 24.1 Å². The zero-order chi connectivity index (χ0) is 9.31. The fraction of sp³-hybridized carbons (Fsp3) is 0.600. The summed E-state index contributed by atoms with van der Waals surface area (Å²) in [4.78, 5) is 1.26. The molecule has 2 unspecified atom stereocenters. The first kappa shape index (κ1) is 9.19. The third kappa shape index (κ3) is 2.10. The Kier molecular flexibility index (Phi) is 2.41. The summed E-state index contributed by atoms with van der Waals surface area (Å²) in [6, 6.07) is 4.30. The molecule has 2 rings (SSSR count). The van der Waals surface area contributed by atoms with Crippen LogP contribution in [0, 0.1) is 0 Å². The van der Waals surface area contributed by atoms with Crippen molar-refractivity contribution in [1.29, 1.82) is 0 Å². The SMILES string of the molecule is NC1CCC(O)(Cc2cccs2)C1. The van der Waals surface area contributed by atoms with Gasteiger partial charge in [0.2, 0.25) is 0 Å². The molecular formula is C10H15NOS. The Labute approximate surface area is 82.4 Å². The molecule has 72 valence electrons. The van der Waals surface area contributed by atoms with E-state index in [-0.39, 0.29) is 6.04 Å². The van der Waals surface area contributed by atoms with Crippen LogP contribution in [0.25, 0.3) is 0 Å². The van der Waals surface area contributed by atoms with Crippen molar-refractivity contribution >= 4 is 11.3 Å². The molecule has 3 N–H and O–H groups in total. The molecule has 0 saturated heterocycles. The van der Waals surface area contributed by atoms with Crippen LogP contribution in [-0.4, -0.2) is 16.7 Å². The minimum atomic E-state index is -0.524. The molecule has 1 saturated carbocycles. The van der Waals surface area contributed by atoms with E-state index >= 15 is 0 Å². The lowest BCUT2D eigenvalue weighted by atomic mass is 9.97. The normalized spacial score (nSPS) is 33.8. The number of nitrogens with two attached hydrogens (primary N) is 1. The maximum absolute atomic E-state index is 10.2. The average molecular weight is 197 g/mol. The fourth-order valence-corrected chi connectivity index (χ4v) is 2.89. The second kappa shape index (κ2) is 3.40. The molecule has 0 spiro atoms. The summed E-state index contributed by atoms with van der Waals surface area (Å²) in [5.41, 5.74) is 5.26. The van der Waals surface area contributed by atoms with Gasteiger partial charge in [-0.05, 0) is 30.7 Å². The highest BCUT2D eigenvalue weighted by molar-refractivity contribution is 7.09. The summed E-state index contributed by atoms with van der Waals surface area (Å²) in [5, 5.41) is 12.2. The standard InChI is InChI=1S/C10H15NOS/c11-8-3-4-10(12,6-8)7-9-2-1-5-13-9/h1-2,5,8,12H,3-4,6-7,11H2. The first-order valence-electron chi connectivity index (χ1n) is 4.68. The Morgan fingerprint density at radius 3 is 3.08 bits per heavy atom. The summed E-state index contributed by atoms with van der Waals surface area (Å²) < 4.78 is 0. The predicted molar refractivity (Wildman–Crippen MR) is 54.8 cm³/mol. The van der Waals surface area contributed by atoms with Crippen molar-refractivity contribution in [3.63, 3.8) is 0 Å². The van der Waals surface area contributed by atoms with Gasteiger partial charge in [0.25, 0.3) is 0 Å². The highest BCUT2D eigenvalue weighted by Gasteiger charge is 2.35. The van der Waals surface area contributed by atoms with Crippen molar-refractivity contribution in [2.24, 2.45) is 5.73 Å². The van der Waals surface area contributed by atoms with E-state index in [9.17, 15) is 5.11 Å². The minimum Gasteiger partial charge on any atom is -0.389 e. The van der Waals surface area contributed by atoms with Crippen LogP contribution in [0.2, 0.25) is 0 Å². The largest absolute Gasteiger partial charge is 0.389 e. The molecule has 1 aromatic rings. The van der Waals surface area contributed by atoms with E-state index in [1.807, 2.05) is 11.4 Å². The topological polar surface area (TPSA) is 46.2 Å². The molecule has 0 aromatic carbocycles. The van der Waals surface area contributed by atoms with Crippen molar-refractivity contribution in [2.45, 2.75) is 37.3 Å². The molecule has 1 heterocycles. The zero-order valence-corrected chi connectivity index (χ0v) is 8.39. The lowest BCUT2D eigenvalue weighted by Crippen LogP contribution is -2.29. The van der Waals surface area contributed by atoms with Gasteiger partial charge in [0.1, 0.15) is 0 Å². The predicted octanol–water partition coefficient (Wildman–Crippen LogP) is 1.53. The maximum atomic E-state index is 10.2. The van der Waals surface area contributed by atoms with Crippen molar-refractivity contribution in [3.8, 4) is 0 Å². The maximum Gasteiger partial charge on any atom is 0.0711 e. The van der Waals surface area contributed by atoms with Crippen LogP contribution in [0.3, 0.4) is 0 Å². The highest BCUT2D eigenvalue weighted by Crippen LogP contribution is 2.32. The molecule has 1 aromatic heterocycles. The van der Waals surface area contributed by atoms with E-state index in [2.05, 4.69) is 6.07 Å². The third-order valence-electron chi connectivity index (χ3n) is 2.71. The van der Waals surface area contributed by atoms with E-state index < -0.39 is 5.60 Å². The molecule has 0 radical (unpaired) electrons. The molecule has 0 aliphatic heterocycles. The van der Waals surface area contributed by atoms with Gasteiger partial charge in [-0.15, -0.1) is 11.3 Å². The molecule has 13 heavy (non-hydrogen) atoms. The molecule has 1 fully saturated rings. The van der Waals surface area contributed by atoms with Crippen molar-refractivity contribution < 1.29 is 5.11 Å². The van der Waals surface area contributed by atoms with Crippen LogP contribution in [0.4, 0.5) is 0 Å². The summed E-state index contributed by atoms with van der Waals surface area (Å²) in [6.45, 7) is 0. The second-order valence-corrected chi connectivity index (χ2v) is 5.02. The quantitative estimate of drug-likeness (QED) is 0.755. The van der Waals surface area contributed by atoms with Gasteiger partial charge < -0.3 is 10.8 Å². The molecule has 0 bridgehead atoms. The van der Waals surface area contributed by atoms with E-state index in [4.69, 9.17) is 5.73 Å². The van der Waals surface area contributed by atoms with Crippen molar-refractivity contribution in [2.75, 3.05) is 0 Å². The van der Waals surface area contributed by atoms with E-state index in [1.165, 1.54) is 4.88 Å². The van der Waals surface area contributed by atoms with E-state index in [0.29, 0.717) is 0 Å². The number of rotatable bonds is 2. The lowest BCUT2D eigenvalue weighted by Gasteiger charge is -2.21. The van der Waals surface area contributed by atoms with Crippen LogP contribution in [0.5, 0.6) is 0 Å². The van der Waals surface area contributed by atoms with Gasteiger partial charge in [0.15, 0.2) is 0 Å². The number of hydrogen-bond acceptors (Lipinski definition) is 3. The number of thiophene rings is 1. The van der Waals surface area contributed by atoms with E-state index in [1.54, 1.807) is 11.3 Å². The van der Waals surface area contributed by atoms with Gasteiger partial charge >= 0.3 is 0 Å². The monoisotopic (exact) mass is 197 g/mol. The van der Waals surface area contributed by atoms with Crippen LogP contribution in [-0.2, 0) is 6.42 Å². The second-order valence-electron chi connectivity index (χ2n) is 3.98. The van der Waals surface area contributed by atoms with Crippen molar-refractivity contribution in [1.82, 2.24) is 0 Å². The van der Waals surface area contributed by atoms with Gasteiger partial charge in [-0.1, -0.05) is 6.07 Å². The Balaban J connectivity index is 2.01. The van der Waals surface area contributed by atoms with Crippen LogP contribution >= 0.6 is 11.3 Å². The van der Waals surface area contributed by atoms with Gasteiger partial charge in [-0.2, -0.15) is 0 Å². The van der Waals surface area contributed by atoms with Crippen LogP contribution in [0.15, 0.2) is 17.5 Å². The molecule has 1 aliphatic rings. The van der Waals surface area contributed by atoms with Crippen molar-refractivity contribution in [3.05, 3.63) is 22.4 Å². The summed E-state index contributed by atoms with van der Waals surface area (Å²) >= 11 is 1.71.